The summed E-state index contributed by atoms with van der Waals surface area (Å²) >= 11 is 0. The standard InChI is InChI=1S/C19H35N/c1-4-14-20-19(17-8-6-5-7-9-17)18-12-10-16(11-13-18)15(2)3/h8,15-16,18-20H,4-7,9-14H2,1-3H3. The first kappa shape index (κ1) is 16.1. The summed E-state index contributed by atoms with van der Waals surface area (Å²) in [7, 11) is 0. The van der Waals surface area contributed by atoms with E-state index in [1.807, 2.05) is 0 Å². The molecule has 1 atom stereocenters. The lowest BCUT2D eigenvalue weighted by Gasteiger charge is -2.37. The van der Waals surface area contributed by atoms with Crippen molar-refractivity contribution in [1.29, 1.82) is 0 Å². The molecule has 1 unspecified atom stereocenters. The second-order valence-electron chi connectivity index (χ2n) is 7.38. The number of hydrogen-bond donors (Lipinski definition) is 1. The Bertz CT molecular complexity index is 297. The predicted octanol–water partition coefficient (Wildman–Crippen LogP) is 5.32. The molecule has 1 fully saturated rings. The van der Waals surface area contributed by atoms with E-state index in [-0.39, 0.29) is 0 Å². The molecule has 1 N–H and O–H groups in total. The summed E-state index contributed by atoms with van der Waals surface area (Å²) in [5, 5.41) is 3.88. The third-order valence-corrected chi connectivity index (χ3v) is 5.57. The molecule has 2 rings (SSSR count). The summed E-state index contributed by atoms with van der Waals surface area (Å²) in [6, 6.07) is 0.698. The lowest BCUT2D eigenvalue weighted by Crippen LogP contribution is -2.40. The predicted molar refractivity (Wildman–Crippen MR) is 88.9 cm³/mol. The lowest BCUT2D eigenvalue weighted by molar-refractivity contribution is 0.197. The van der Waals surface area contributed by atoms with Crippen molar-refractivity contribution in [3.8, 4) is 0 Å². The average Bonchev–Trinajstić information content (AvgIpc) is 2.49. The molecule has 0 aromatic carbocycles. The first-order chi connectivity index (χ1) is 9.72. The van der Waals surface area contributed by atoms with Gasteiger partial charge in [-0.25, -0.2) is 0 Å². The Hall–Kier alpha value is -0.300. The van der Waals surface area contributed by atoms with Gasteiger partial charge >= 0.3 is 0 Å². The highest BCUT2D eigenvalue weighted by Crippen LogP contribution is 2.37. The van der Waals surface area contributed by atoms with Crippen LogP contribution in [0.2, 0.25) is 0 Å². The summed E-state index contributed by atoms with van der Waals surface area (Å²) in [5.41, 5.74) is 1.75. The number of rotatable bonds is 6. The van der Waals surface area contributed by atoms with Gasteiger partial charge in [-0.3, -0.25) is 0 Å². The van der Waals surface area contributed by atoms with Gasteiger partial charge in [0.05, 0.1) is 0 Å². The molecule has 0 aliphatic heterocycles. The SMILES string of the molecule is CCCNC(C1=CCCCC1)C1CCC(C(C)C)CC1. The van der Waals surface area contributed by atoms with Gasteiger partial charge in [0.1, 0.15) is 0 Å². The summed E-state index contributed by atoms with van der Waals surface area (Å²) in [4.78, 5) is 0. The largest absolute Gasteiger partial charge is 0.310 e. The van der Waals surface area contributed by atoms with Crippen LogP contribution < -0.4 is 5.32 Å². The molecule has 116 valence electrons. The van der Waals surface area contributed by atoms with Crippen molar-refractivity contribution in [2.75, 3.05) is 6.54 Å². The van der Waals surface area contributed by atoms with Crippen molar-refractivity contribution in [1.82, 2.24) is 5.32 Å². The van der Waals surface area contributed by atoms with Crippen LogP contribution in [0.4, 0.5) is 0 Å². The van der Waals surface area contributed by atoms with Crippen molar-refractivity contribution in [3.05, 3.63) is 11.6 Å². The van der Waals surface area contributed by atoms with Gasteiger partial charge in [0.15, 0.2) is 0 Å². The zero-order chi connectivity index (χ0) is 14.4. The Morgan fingerprint density at radius 2 is 1.80 bits per heavy atom. The normalized spacial score (nSPS) is 29.3. The fourth-order valence-corrected chi connectivity index (χ4v) is 4.19. The Morgan fingerprint density at radius 3 is 2.35 bits per heavy atom. The van der Waals surface area contributed by atoms with Crippen LogP contribution in [0.1, 0.15) is 78.6 Å². The third-order valence-electron chi connectivity index (χ3n) is 5.57. The molecule has 1 nitrogen and oxygen atoms in total. The Labute approximate surface area is 126 Å². The fourth-order valence-electron chi connectivity index (χ4n) is 4.19. The fraction of sp³-hybridized carbons (Fsp3) is 0.895. The zero-order valence-corrected chi connectivity index (χ0v) is 14.0. The molecule has 2 aliphatic rings. The van der Waals surface area contributed by atoms with Crippen LogP contribution in [0.3, 0.4) is 0 Å². The van der Waals surface area contributed by atoms with Crippen LogP contribution in [-0.2, 0) is 0 Å². The molecule has 1 saturated carbocycles. The van der Waals surface area contributed by atoms with Crippen molar-refractivity contribution in [2.24, 2.45) is 17.8 Å². The molecular formula is C19H35N. The van der Waals surface area contributed by atoms with Gasteiger partial charge in [-0.05, 0) is 82.1 Å². The van der Waals surface area contributed by atoms with E-state index in [1.165, 1.54) is 64.3 Å². The summed E-state index contributed by atoms with van der Waals surface area (Å²) < 4.78 is 0. The van der Waals surface area contributed by atoms with Gasteiger partial charge in [0.25, 0.3) is 0 Å². The smallest absolute Gasteiger partial charge is 0.0307 e. The number of allylic oxidation sites excluding steroid dienone is 1. The van der Waals surface area contributed by atoms with Crippen LogP contribution in [0.25, 0.3) is 0 Å². The van der Waals surface area contributed by atoms with Crippen LogP contribution in [0, 0.1) is 17.8 Å². The summed E-state index contributed by atoms with van der Waals surface area (Å²) in [5.74, 6) is 2.77. The average molecular weight is 277 g/mol. The highest BCUT2D eigenvalue weighted by Gasteiger charge is 2.30. The summed E-state index contributed by atoms with van der Waals surface area (Å²) in [6.07, 6.45) is 15.1. The number of nitrogens with one attached hydrogen (secondary N) is 1. The van der Waals surface area contributed by atoms with E-state index in [1.54, 1.807) is 5.57 Å². The first-order valence-electron chi connectivity index (χ1n) is 9.14. The maximum atomic E-state index is 3.88. The monoisotopic (exact) mass is 277 g/mol. The molecule has 0 amide bonds. The van der Waals surface area contributed by atoms with Gasteiger partial charge in [0.2, 0.25) is 0 Å². The van der Waals surface area contributed by atoms with E-state index in [0.717, 1.165) is 17.8 Å². The molecule has 20 heavy (non-hydrogen) atoms. The molecule has 1 heteroatoms. The molecule has 0 heterocycles. The van der Waals surface area contributed by atoms with Gasteiger partial charge < -0.3 is 5.32 Å². The summed E-state index contributed by atoms with van der Waals surface area (Å²) in [6.45, 7) is 8.28. The second-order valence-corrected chi connectivity index (χ2v) is 7.38. The van der Waals surface area contributed by atoms with Gasteiger partial charge in [-0.2, -0.15) is 0 Å². The maximum absolute atomic E-state index is 3.88. The van der Waals surface area contributed by atoms with Crippen molar-refractivity contribution < 1.29 is 0 Å². The Kier molecular flexibility index (Phi) is 6.61. The Morgan fingerprint density at radius 1 is 1.10 bits per heavy atom. The highest BCUT2D eigenvalue weighted by molar-refractivity contribution is 5.15. The van der Waals surface area contributed by atoms with E-state index >= 15 is 0 Å². The van der Waals surface area contributed by atoms with Crippen molar-refractivity contribution >= 4 is 0 Å². The minimum Gasteiger partial charge on any atom is -0.310 e. The zero-order valence-electron chi connectivity index (χ0n) is 14.0. The van der Waals surface area contributed by atoms with Crippen LogP contribution in [-0.4, -0.2) is 12.6 Å². The Balaban J connectivity index is 1.95. The third kappa shape index (κ3) is 4.35. The van der Waals surface area contributed by atoms with Crippen LogP contribution >= 0.6 is 0 Å². The molecule has 2 aliphatic carbocycles. The molecule has 0 aromatic heterocycles. The topological polar surface area (TPSA) is 12.0 Å². The maximum Gasteiger partial charge on any atom is 0.0307 e. The van der Waals surface area contributed by atoms with Gasteiger partial charge in [-0.1, -0.05) is 32.4 Å². The van der Waals surface area contributed by atoms with Crippen LogP contribution in [0.5, 0.6) is 0 Å². The van der Waals surface area contributed by atoms with E-state index in [4.69, 9.17) is 0 Å². The minimum atomic E-state index is 0.698. The molecule has 0 spiro atoms. The first-order valence-corrected chi connectivity index (χ1v) is 9.14. The van der Waals surface area contributed by atoms with E-state index in [2.05, 4.69) is 32.2 Å². The van der Waals surface area contributed by atoms with Crippen molar-refractivity contribution in [2.45, 2.75) is 84.6 Å². The molecule has 0 aromatic rings. The molecule has 0 bridgehead atoms. The van der Waals surface area contributed by atoms with Gasteiger partial charge in [-0.15, -0.1) is 0 Å². The molecule has 0 saturated heterocycles. The highest BCUT2D eigenvalue weighted by atomic mass is 14.9. The van der Waals surface area contributed by atoms with E-state index in [9.17, 15) is 0 Å². The van der Waals surface area contributed by atoms with Crippen LogP contribution in [0.15, 0.2) is 11.6 Å². The van der Waals surface area contributed by atoms with Gasteiger partial charge in [0, 0.05) is 6.04 Å². The number of hydrogen-bond acceptors (Lipinski definition) is 1. The molecular weight excluding hydrogens is 242 g/mol. The molecule has 0 radical (unpaired) electrons. The van der Waals surface area contributed by atoms with Crippen molar-refractivity contribution in [3.63, 3.8) is 0 Å². The quantitative estimate of drug-likeness (QED) is 0.648. The van der Waals surface area contributed by atoms with E-state index < -0.39 is 0 Å². The second kappa shape index (κ2) is 8.22. The minimum absolute atomic E-state index is 0.698. The van der Waals surface area contributed by atoms with E-state index in [0.29, 0.717) is 6.04 Å². The lowest BCUT2D eigenvalue weighted by atomic mass is 9.72.